The second-order valence-corrected chi connectivity index (χ2v) is 7.22. The van der Waals surface area contributed by atoms with E-state index in [1.165, 1.54) is 0 Å². The number of anilines is 2. The minimum absolute atomic E-state index is 0.256. The number of halogens is 1. The monoisotopic (exact) mass is 421 g/mol. The summed E-state index contributed by atoms with van der Waals surface area (Å²) < 4.78 is 10.7. The van der Waals surface area contributed by atoms with Crippen molar-refractivity contribution in [3.8, 4) is 5.75 Å². The third-order valence-corrected chi connectivity index (χ3v) is 5.14. The first kappa shape index (κ1) is 19.8. The van der Waals surface area contributed by atoms with E-state index in [0.29, 0.717) is 23.0 Å². The lowest BCUT2D eigenvalue weighted by atomic mass is 10.2. The quantitative estimate of drug-likeness (QED) is 0.431. The van der Waals surface area contributed by atoms with Crippen LogP contribution in [-0.2, 0) is 6.54 Å². The molecule has 2 heterocycles. The van der Waals surface area contributed by atoms with Gasteiger partial charge in [-0.05, 0) is 48.4 Å². The van der Waals surface area contributed by atoms with Gasteiger partial charge in [-0.15, -0.1) is 0 Å². The molecule has 30 heavy (non-hydrogen) atoms. The number of benzene rings is 2. The van der Waals surface area contributed by atoms with Crippen LogP contribution in [0.15, 0.2) is 65.3 Å². The Labute approximate surface area is 178 Å². The van der Waals surface area contributed by atoms with Gasteiger partial charge in [-0.3, -0.25) is 4.79 Å². The highest BCUT2D eigenvalue weighted by molar-refractivity contribution is 6.31. The Balaban J connectivity index is 1.56. The molecule has 0 unspecified atom stereocenters. The van der Waals surface area contributed by atoms with E-state index < -0.39 is 0 Å². The summed E-state index contributed by atoms with van der Waals surface area (Å²) in [4.78, 5) is 17.2. The molecule has 4 rings (SSSR count). The zero-order valence-corrected chi connectivity index (χ0v) is 17.3. The van der Waals surface area contributed by atoms with Crippen LogP contribution in [-0.4, -0.2) is 18.0 Å². The first-order valence-corrected chi connectivity index (χ1v) is 9.74. The maximum absolute atomic E-state index is 12.7. The van der Waals surface area contributed by atoms with E-state index in [0.717, 1.165) is 28.0 Å². The van der Waals surface area contributed by atoms with Crippen molar-refractivity contribution in [2.45, 2.75) is 13.5 Å². The van der Waals surface area contributed by atoms with Gasteiger partial charge in [0.15, 0.2) is 0 Å². The average Bonchev–Trinajstić information content (AvgIpc) is 3.24. The Hall–Kier alpha value is -3.51. The maximum atomic E-state index is 12.7. The number of hydrogen-bond donors (Lipinski definition) is 2. The van der Waals surface area contributed by atoms with E-state index in [1.807, 2.05) is 49.4 Å². The molecular weight excluding hydrogens is 402 g/mol. The molecule has 6 nitrogen and oxygen atoms in total. The van der Waals surface area contributed by atoms with Gasteiger partial charge in [-0.1, -0.05) is 29.8 Å². The van der Waals surface area contributed by atoms with Crippen LogP contribution in [0, 0.1) is 6.92 Å². The molecule has 152 valence electrons. The smallest absolute Gasteiger partial charge is 0.270 e. The molecule has 1 amide bonds. The molecule has 7 heteroatoms. The van der Waals surface area contributed by atoms with Gasteiger partial charge >= 0.3 is 0 Å². The molecule has 0 aliphatic rings. The van der Waals surface area contributed by atoms with Crippen molar-refractivity contribution >= 4 is 40.0 Å². The highest BCUT2D eigenvalue weighted by Crippen LogP contribution is 2.28. The summed E-state index contributed by atoms with van der Waals surface area (Å²) in [6.45, 7) is 2.31. The van der Waals surface area contributed by atoms with Crippen LogP contribution in [0.4, 0.5) is 11.5 Å². The van der Waals surface area contributed by atoms with Crippen molar-refractivity contribution in [3.05, 3.63) is 82.7 Å². The molecule has 0 saturated carbocycles. The second kappa shape index (κ2) is 8.47. The van der Waals surface area contributed by atoms with E-state index in [-0.39, 0.29) is 11.6 Å². The number of amides is 1. The number of aryl methyl sites for hydroxylation is 1. The topological polar surface area (TPSA) is 76.4 Å². The van der Waals surface area contributed by atoms with Crippen molar-refractivity contribution in [2.24, 2.45) is 0 Å². The number of nitrogens with zero attached hydrogens (tertiary/aromatic N) is 1. The van der Waals surface area contributed by atoms with Crippen molar-refractivity contribution in [1.82, 2.24) is 10.3 Å². The lowest BCUT2D eigenvalue weighted by Gasteiger charge is -2.11. The Kier molecular flexibility index (Phi) is 5.59. The number of carbonyl (C=O) groups is 1. The molecule has 0 spiro atoms. The SMILES string of the molecule is COc1ccc(CNC(=O)c2cc3occc3c(Nc3ccc(C)c(Cl)c3)n2)cc1. The third-order valence-electron chi connectivity index (χ3n) is 4.73. The van der Waals surface area contributed by atoms with Gasteiger partial charge in [-0.2, -0.15) is 0 Å². The van der Waals surface area contributed by atoms with Gasteiger partial charge in [0.25, 0.3) is 5.91 Å². The molecule has 0 saturated heterocycles. The number of methoxy groups -OCH3 is 1. The minimum atomic E-state index is -0.297. The van der Waals surface area contributed by atoms with E-state index in [1.54, 1.807) is 25.5 Å². The van der Waals surface area contributed by atoms with Crippen LogP contribution in [0.3, 0.4) is 0 Å². The Morgan fingerprint density at radius 1 is 1.13 bits per heavy atom. The largest absolute Gasteiger partial charge is 0.497 e. The molecule has 2 aromatic heterocycles. The molecule has 2 N–H and O–H groups in total. The predicted molar refractivity (Wildman–Crippen MR) is 118 cm³/mol. The number of nitrogens with one attached hydrogen (secondary N) is 2. The summed E-state index contributed by atoms with van der Waals surface area (Å²) in [6, 6.07) is 16.6. The average molecular weight is 422 g/mol. The first-order chi connectivity index (χ1) is 14.5. The predicted octanol–water partition coefficient (Wildman–Crippen LogP) is 5.47. The van der Waals surface area contributed by atoms with Crippen LogP contribution in [0.1, 0.15) is 21.6 Å². The van der Waals surface area contributed by atoms with Crippen LogP contribution in [0.25, 0.3) is 11.0 Å². The molecule has 0 fully saturated rings. The molecule has 0 aliphatic heterocycles. The van der Waals surface area contributed by atoms with Crippen molar-refractivity contribution in [1.29, 1.82) is 0 Å². The number of hydrogen-bond acceptors (Lipinski definition) is 5. The number of aromatic nitrogens is 1. The summed E-state index contributed by atoms with van der Waals surface area (Å²) >= 11 is 6.23. The number of carbonyl (C=O) groups excluding carboxylic acids is 1. The molecule has 0 aliphatic carbocycles. The van der Waals surface area contributed by atoms with Gasteiger partial charge in [-0.25, -0.2) is 4.98 Å². The normalized spacial score (nSPS) is 10.8. The van der Waals surface area contributed by atoms with E-state index >= 15 is 0 Å². The summed E-state index contributed by atoms with van der Waals surface area (Å²) in [6.07, 6.45) is 1.57. The van der Waals surface area contributed by atoms with Crippen LogP contribution in [0.5, 0.6) is 5.75 Å². The number of pyridine rings is 1. The van der Waals surface area contributed by atoms with Crippen molar-refractivity contribution in [2.75, 3.05) is 12.4 Å². The molecule has 2 aromatic carbocycles. The number of rotatable bonds is 6. The van der Waals surface area contributed by atoms with Crippen LogP contribution < -0.4 is 15.4 Å². The van der Waals surface area contributed by atoms with Gasteiger partial charge in [0.2, 0.25) is 0 Å². The van der Waals surface area contributed by atoms with E-state index in [4.69, 9.17) is 20.8 Å². The van der Waals surface area contributed by atoms with Crippen LogP contribution in [0.2, 0.25) is 5.02 Å². The number of ether oxygens (including phenoxy) is 1. The van der Waals surface area contributed by atoms with Gasteiger partial charge in [0.05, 0.1) is 18.8 Å². The highest BCUT2D eigenvalue weighted by Gasteiger charge is 2.14. The molecule has 0 atom stereocenters. The van der Waals surface area contributed by atoms with Gasteiger partial charge in [0, 0.05) is 23.3 Å². The summed E-state index contributed by atoms with van der Waals surface area (Å²) in [7, 11) is 1.61. The molecule has 0 radical (unpaired) electrons. The summed E-state index contributed by atoms with van der Waals surface area (Å²) in [5.41, 5.74) is 3.54. The maximum Gasteiger partial charge on any atom is 0.270 e. The van der Waals surface area contributed by atoms with Crippen LogP contribution >= 0.6 is 11.6 Å². The lowest BCUT2D eigenvalue weighted by molar-refractivity contribution is 0.0946. The number of fused-ring (bicyclic) bond motifs is 1. The summed E-state index contributed by atoms with van der Waals surface area (Å²) in [5, 5.41) is 7.54. The standard InChI is InChI=1S/C23H20ClN3O3/c1-14-3-6-16(11-19(14)24)26-22-18-9-10-30-21(18)12-20(27-22)23(28)25-13-15-4-7-17(29-2)8-5-15/h3-12H,13H2,1-2H3,(H,25,28)(H,26,27). The minimum Gasteiger partial charge on any atom is -0.497 e. The van der Waals surface area contributed by atoms with E-state index in [9.17, 15) is 4.79 Å². The second-order valence-electron chi connectivity index (χ2n) is 6.81. The summed E-state index contributed by atoms with van der Waals surface area (Å²) in [5.74, 6) is 0.992. The number of furan rings is 1. The Morgan fingerprint density at radius 3 is 2.67 bits per heavy atom. The first-order valence-electron chi connectivity index (χ1n) is 9.36. The fraction of sp³-hybridized carbons (Fsp3) is 0.130. The Morgan fingerprint density at radius 2 is 1.93 bits per heavy atom. The van der Waals surface area contributed by atoms with Crippen molar-refractivity contribution in [3.63, 3.8) is 0 Å². The molecule has 4 aromatic rings. The van der Waals surface area contributed by atoms with Gasteiger partial charge in [0.1, 0.15) is 22.8 Å². The zero-order valence-electron chi connectivity index (χ0n) is 16.5. The zero-order chi connectivity index (χ0) is 21.1. The Bertz CT molecular complexity index is 1200. The van der Waals surface area contributed by atoms with Crippen molar-refractivity contribution < 1.29 is 13.9 Å². The van der Waals surface area contributed by atoms with Gasteiger partial charge < -0.3 is 19.8 Å². The van der Waals surface area contributed by atoms with E-state index in [2.05, 4.69) is 15.6 Å². The fourth-order valence-corrected chi connectivity index (χ4v) is 3.18. The third kappa shape index (κ3) is 4.23. The lowest BCUT2D eigenvalue weighted by Crippen LogP contribution is -2.24. The fourth-order valence-electron chi connectivity index (χ4n) is 3.00. The molecular formula is C23H20ClN3O3. The molecule has 0 bridgehead atoms. The highest BCUT2D eigenvalue weighted by atomic mass is 35.5.